The lowest BCUT2D eigenvalue weighted by atomic mass is 10.0. The van der Waals surface area contributed by atoms with Crippen LogP contribution in [0.4, 0.5) is 0 Å². The van der Waals surface area contributed by atoms with Crippen LogP contribution < -0.4 is 4.74 Å². The van der Waals surface area contributed by atoms with Gasteiger partial charge in [-0.15, -0.1) is 0 Å². The van der Waals surface area contributed by atoms with Crippen molar-refractivity contribution in [1.29, 1.82) is 5.26 Å². The number of unbranched alkanes of at least 4 members (excludes halogenated alkanes) is 5. The number of phenols is 1. The third kappa shape index (κ3) is 6.64. The van der Waals surface area contributed by atoms with Crippen LogP contribution in [0.25, 0.3) is 11.6 Å². The molecule has 3 nitrogen and oxygen atoms in total. The van der Waals surface area contributed by atoms with Gasteiger partial charge in [-0.05, 0) is 60.0 Å². The zero-order valence-corrected chi connectivity index (χ0v) is 15.4. The number of nitrogens with zero attached hydrogens (tertiary/aromatic N) is 1. The molecule has 26 heavy (non-hydrogen) atoms. The summed E-state index contributed by atoms with van der Waals surface area (Å²) in [6, 6.07) is 16.6. The summed E-state index contributed by atoms with van der Waals surface area (Å²) in [7, 11) is 0. The van der Waals surface area contributed by atoms with E-state index >= 15 is 0 Å². The fourth-order valence-corrected chi connectivity index (χ4v) is 2.72. The number of aromatic hydroxyl groups is 1. The van der Waals surface area contributed by atoms with Gasteiger partial charge in [0.15, 0.2) is 0 Å². The van der Waals surface area contributed by atoms with Crippen molar-refractivity contribution < 1.29 is 9.84 Å². The lowest BCUT2D eigenvalue weighted by molar-refractivity contribution is 0.304. The Balaban J connectivity index is 1.86. The first-order chi connectivity index (χ1) is 12.7. The molecule has 0 heterocycles. The van der Waals surface area contributed by atoms with E-state index in [-0.39, 0.29) is 5.75 Å². The minimum absolute atomic E-state index is 0.193. The van der Waals surface area contributed by atoms with E-state index in [1.165, 1.54) is 32.1 Å². The van der Waals surface area contributed by atoms with Crippen molar-refractivity contribution in [3.63, 3.8) is 0 Å². The Morgan fingerprint density at radius 3 is 2.27 bits per heavy atom. The summed E-state index contributed by atoms with van der Waals surface area (Å²) in [5.41, 5.74) is 2.29. The first-order valence-electron chi connectivity index (χ1n) is 9.37. The first-order valence-corrected chi connectivity index (χ1v) is 9.37. The minimum atomic E-state index is 0.193. The number of hydrogen-bond acceptors (Lipinski definition) is 3. The molecule has 3 heteroatoms. The number of rotatable bonds is 10. The van der Waals surface area contributed by atoms with Crippen molar-refractivity contribution in [2.24, 2.45) is 0 Å². The number of ether oxygens (including phenoxy) is 1. The highest BCUT2D eigenvalue weighted by Crippen LogP contribution is 2.21. The van der Waals surface area contributed by atoms with E-state index in [9.17, 15) is 10.4 Å². The molecule has 0 saturated heterocycles. The highest BCUT2D eigenvalue weighted by Gasteiger charge is 2.02. The molecule has 0 saturated carbocycles. The maximum Gasteiger partial charge on any atom is 0.119 e. The van der Waals surface area contributed by atoms with Gasteiger partial charge in [-0.25, -0.2) is 0 Å². The minimum Gasteiger partial charge on any atom is -0.508 e. The van der Waals surface area contributed by atoms with E-state index in [1.807, 2.05) is 30.3 Å². The third-order valence-corrected chi connectivity index (χ3v) is 4.26. The molecular weight excluding hydrogens is 322 g/mol. The fourth-order valence-electron chi connectivity index (χ4n) is 2.72. The highest BCUT2D eigenvalue weighted by molar-refractivity contribution is 5.89. The van der Waals surface area contributed by atoms with Crippen molar-refractivity contribution in [3.8, 4) is 17.6 Å². The van der Waals surface area contributed by atoms with Crippen LogP contribution in [-0.2, 0) is 0 Å². The lowest BCUT2D eigenvalue weighted by Crippen LogP contribution is -1.97. The van der Waals surface area contributed by atoms with Crippen LogP contribution >= 0.6 is 0 Å². The van der Waals surface area contributed by atoms with E-state index in [2.05, 4.69) is 13.0 Å². The number of nitriles is 1. The van der Waals surface area contributed by atoms with Gasteiger partial charge in [-0.2, -0.15) is 5.26 Å². The van der Waals surface area contributed by atoms with Gasteiger partial charge in [-0.3, -0.25) is 0 Å². The van der Waals surface area contributed by atoms with Gasteiger partial charge in [-0.1, -0.05) is 51.2 Å². The molecule has 0 atom stereocenters. The Morgan fingerprint density at radius 1 is 0.962 bits per heavy atom. The summed E-state index contributed by atoms with van der Waals surface area (Å²) in [5, 5.41) is 18.7. The van der Waals surface area contributed by atoms with E-state index in [0.29, 0.717) is 5.57 Å². The van der Waals surface area contributed by atoms with Crippen LogP contribution in [0.3, 0.4) is 0 Å². The topological polar surface area (TPSA) is 53.2 Å². The van der Waals surface area contributed by atoms with Crippen LogP contribution in [0.2, 0.25) is 0 Å². The second-order valence-electron chi connectivity index (χ2n) is 6.40. The molecule has 0 aliphatic carbocycles. The maximum absolute atomic E-state index is 9.38. The summed E-state index contributed by atoms with van der Waals surface area (Å²) >= 11 is 0. The van der Waals surface area contributed by atoms with Crippen molar-refractivity contribution in [1.82, 2.24) is 0 Å². The van der Waals surface area contributed by atoms with Gasteiger partial charge >= 0.3 is 0 Å². The number of benzene rings is 2. The Labute approximate surface area is 156 Å². The average Bonchev–Trinajstić information content (AvgIpc) is 2.67. The third-order valence-electron chi connectivity index (χ3n) is 4.26. The number of hydrogen-bond donors (Lipinski definition) is 1. The molecule has 2 aromatic rings. The Hall–Kier alpha value is -2.73. The molecule has 0 radical (unpaired) electrons. The molecule has 136 valence electrons. The van der Waals surface area contributed by atoms with Gasteiger partial charge in [0.2, 0.25) is 0 Å². The summed E-state index contributed by atoms with van der Waals surface area (Å²) in [6.45, 7) is 2.98. The Kier molecular flexibility index (Phi) is 8.29. The maximum atomic E-state index is 9.38. The first kappa shape index (κ1) is 19.6. The van der Waals surface area contributed by atoms with Gasteiger partial charge in [0.1, 0.15) is 11.5 Å². The second-order valence-corrected chi connectivity index (χ2v) is 6.40. The van der Waals surface area contributed by atoms with Gasteiger partial charge in [0, 0.05) is 0 Å². The largest absolute Gasteiger partial charge is 0.508 e. The molecule has 2 aromatic carbocycles. The van der Waals surface area contributed by atoms with Crippen molar-refractivity contribution in [2.75, 3.05) is 6.61 Å². The highest BCUT2D eigenvalue weighted by atomic mass is 16.5. The van der Waals surface area contributed by atoms with Crippen LogP contribution in [0.5, 0.6) is 11.5 Å². The molecule has 0 aliphatic heterocycles. The monoisotopic (exact) mass is 349 g/mol. The van der Waals surface area contributed by atoms with Crippen molar-refractivity contribution >= 4 is 11.6 Å². The standard InChI is InChI=1S/C23H27NO2/c1-2-3-4-5-6-7-16-26-23-14-8-19(9-15-23)17-21(18-24)20-10-12-22(25)13-11-20/h8-15,17,25H,2-7,16H2,1H3/b21-17-. The number of phenolic OH excluding ortho intramolecular Hbond substituents is 1. The molecule has 0 fully saturated rings. The molecule has 2 rings (SSSR count). The molecule has 0 spiro atoms. The molecule has 0 unspecified atom stereocenters. The van der Waals surface area contributed by atoms with Crippen LogP contribution in [0, 0.1) is 11.3 Å². The fraction of sp³-hybridized carbons (Fsp3) is 0.348. The van der Waals surface area contributed by atoms with E-state index in [1.54, 1.807) is 24.3 Å². The molecular formula is C23H27NO2. The van der Waals surface area contributed by atoms with E-state index in [4.69, 9.17) is 4.74 Å². The van der Waals surface area contributed by atoms with E-state index < -0.39 is 0 Å². The summed E-state index contributed by atoms with van der Waals surface area (Å²) in [4.78, 5) is 0. The zero-order valence-electron chi connectivity index (χ0n) is 15.4. The van der Waals surface area contributed by atoms with Crippen LogP contribution in [0.1, 0.15) is 56.6 Å². The average molecular weight is 349 g/mol. The summed E-state index contributed by atoms with van der Waals surface area (Å²) < 4.78 is 5.78. The number of allylic oxidation sites excluding steroid dienone is 1. The molecule has 1 N–H and O–H groups in total. The summed E-state index contributed by atoms with van der Waals surface area (Å²) in [6.07, 6.45) is 9.35. The summed E-state index contributed by atoms with van der Waals surface area (Å²) in [5.74, 6) is 1.05. The predicted octanol–water partition coefficient (Wildman–Crippen LogP) is 6.20. The molecule has 0 aromatic heterocycles. The van der Waals surface area contributed by atoms with Crippen LogP contribution in [-0.4, -0.2) is 11.7 Å². The quantitative estimate of drug-likeness (QED) is 0.316. The van der Waals surface area contributed by atoms with Gasteiger partial charge in [0.25, 0.3) is 0 Å². The Bertz CT molecular complexity index is 724. The van der Waals surface area contributed by atoms with Crippen molar-refractivity contribution in [3.05, 3.63) is 59.7 Å². The zero-order chi connectivity index (χ0) is 18.6. The smallest absolute Gasteiger partial charge is 0.119 e. The van der Waals surface area contributed by atoms with Crippen LogP contribution in [0.15, 0.2) is 48.5 Å². The predicted molar refractivity (Wildman–Crippen MR) is 107 cm³/mol. The Morgan fingerprint density at radius 2 is 1.62 bits per heavy atom. The lowest BCUT2D eigenvalue weighted by Gasteiger charge is -2.07. The van der Waals surface area contributed by atoms with E-state index in [0.717, 1.165) is 29.9 Å². The van der Waals surface area contributed by atoms with Gasteiger partial charge < -0.3 is 9.84 Å². The molecule has 0 aliphatic rings. The SMILES string of the molecule is CCCCCCCCOc1ccc(/C=C(/C#N)c2ccc(O)cc2)cc1. The van der Waals surface area contributed by atoms with Crippen molar-refractivity contribution in [2.45, 2.75) is 45.4 Å². The molecule has 0 amide bonds. The second kappa shape index (κ2) is 11.0. The normalized spacial score (nSPS) is 11.2. The molecule has 0 bridgehead atoms. The van der Waals surface area contributed by atoms with Gasteiger partial charge in [0.05, 0.1) is 18.2 Å².